The van der Waals surface area contributed by atoms with Crippen molar-refractivity contribution in [1.82, 2.24) is 0 Å². The maximum Gasteiger partial charge on any atom is 0.307 e. The van der Waals surface area contributed by atoms with Gasteiger partial charge in [0.2, 0.25) is 0 Å². The Balaban J connectivity index is 2.30. The van der Waals surface area contributed by atoms with Gasteiger partial charge in [0, 0.05) is 10.2 Å². The number of carboxylic acids is 1. The summed E-state index contributed by atoms with van der Waals surface area (Å²) in [7, 11) is 0. The number of nitrogens with one attached hydrogen (secondary N) is 1. The van der Waals surface area contributed by atoms with Crippen molar-refractivity contribution >= 4 is 44.9 Å². The van der Waals surface area contributed by atoms with Gasteiger partial charge in [0.05, 0.1) is 17.1 Å². The van der Waals surface area contributed by atoms with Crippen LogP contribution in [0.5, 0.6) is 0 Å². The summed E-state index contributed by atoms with van der Waals surface area (Å²) in [5.41, 5.74) is 2.20. The molecule has 0 aliphatic heterocycles. The van der Waals surface area contributed by atoms with Crippen LogP contribution in [0.3, 0.4) is 0 Å². The van der Waals surface area contributed by atoms with Crippen LogP contribution in [0.2, 0.25) is 5.02 Å². The number of carboxylic acid groups (broad SMARTS) is 1. The summed E-state index contributed by atoms with van der Waals surface area (Å²) in [5, 5.41) is 12.6. The molecule has 2 N–H and O–H groups in total. The van der Waals surface area contributed by atoms with Crippen molar-refractivity contribution in [3.63, 3.8) is 0 Å². The summed E-state index contributed by atoms with van der Waals surface area (Å²) in [5.74, 6) is -0.865. The molecule has 0 amide bonds. The zero-order valence-electron chi connectivity index (χ0n) is 9.86. The van der Waals surface area contributed by atoms with Gasteiger partial charge in [-0.2, -0.15) is 0 Å². The van der Waals surface area contributed by atoms with Gasteiger partial charge in [0.1, 0.15) is 0 Å². The fourth-order valence-electron chi connectivity index (χ4n) is 1.70. The Kier molecular flexibility index (Phi) is 4.45. The molecule has 98 valence electrons. The summed E-state index contributed by atoms with van der Waals surface area (Å²) in [6.07, 6.45) is -0.0304. The Morgan fingerprint density at radius 2 is 1.95 bits per heavy atom. The van der Waals surface area contributed by atoms with Crippen molar-refractivity contribution < 1.29 is 9.90 Å². The van der Waals surface area contributed by atoms with E-state index in [1.807, 2.05) is 30.3 Å². The van der Waals surface area contributed by atoms with Gasteiger partial charge < -0.3 is 10.4 Å². The molecule has 2 aromatic rings. The minimum absolute atomic E-state index is 0.0304. The molecule has 0 fully saturated rings. The van der Waals surface area contributed by atoms with Gasteiger partial charge in [-0.25, -0.2) is 0 Å². The van der Waals surface area contributed by atoms with E-state index in [1.165, 1.54) is 0 Å². The third kappa shape index (κ3) is 3.72. The first-order valence-corrected chi connectivity index (χ1v) is 6.75. The van der Waals surface area contributed by atoms with Gasteiger partial charge in [-0.3, -0.25) is 4.79 Å². The van der Waals surface area contributed by atoms with E-state index < -0.39 is 5.97 Å². The molecule has 0 bridgehead atoms. The molecule has 5 heteroatoms. The van der Waals surface area contributed by atoms with E-state index in [9.17, 15) is 4.79 Å². The van der Waals surface area contributed by atoms with Crippen LogP contribution in [0.1, 0.15) is 5.56 Å². The lowest BCUT2D eigenvalue weighted by Crippen LogP contribution is -2.03. The second-order valence-corrected chi connectivity index (χ2v) is 5.30. The van der Waals surface area contributed by atoms with Gasteiger partial charge >= 0.3 is 5.97 Å². The normalized spacial score (nSPS) is 10.2. The lowest BCUT2D eigenvalue weighted by Gasteiger charge is -2.12. The van der Waals surface area contributed by atoms with Crippen molar-refractivity contribution in [2.24, 2.45) is 0 Å². The van der Waals surface area contributed by atoms with Crippen molar-refractivity contribution in [1.29, 1.82) is 0 Å². The lowest BCUT2D eigenvalue weighted by molar-refractivity contribution is -0.136. The first-order valence-electron chi connectivity index (χ1n) is 5.58. The number of aliphatic carboxylic acids is 1. The number of hydrogen-bond acceptors (Lipinski definition) is 2. The molecule has 3 nitrogen and oxygen atoms in total. The standard InChI is InChI=1S/C14H11BrClNO2/c15-10-5-6-13(11(16)8-10)17-12-4-2-1-3-9(12)7-14(18)19/h1-6,8,17H,7H2,(H,18,19). The lowest BCUT2D eigenvalue weighted by atomic mass is 10.1. The number of hydrogen-bond donors (Lipinski definition) is 2. The molecule has 0 aliphatic carbocycles. The molecule has 0 aliphatic rings. The van der Waals surface area contributed by atoms with Crippen molar-refractivity contribution in [3.8, 4) is 0 Å². The second kappa shape index (κ2) is 6.08. The van der Waals surface area contributed by atoms with Crippen LogP contribution in [-0.2, 0) is 11.2 Å². The van der Waals surface area contributed by atoms with Crippen LogP contribution in [0, 0.1) is 0 Å². The van der Waals surface area contributed by atoms with E-state index in [4.69, 9.17) is 16.7 Å². The van der Waals surface area contributed by atoms with Gasteiger partial charge in [-0.15, -0.1) is 0 Å². The van der Waals surface area contributed by atoms with Crippen LogP contribution >= 0.6 is 27.5 Å². The SMILES string of the molecule is O=C(O)Cc1ccccc1Nc1ccc(Br)cc1Cl. The predicted octanol–water partition coefficient (Wildman–Crippen LogP) is 4.47. The van der Waals surface area contributed by atoms with Crippen LogP contribution < -0.4 is 5.32 Å². The number of anilines is 2. The summed E-state index contributed by atoms with van der Waals surface area (Å²) in [6.45, 7) is 0. The monoisotopic (exact) mass is 339 g/mol. The molecule has 0 radical (unpaired) electrons. The highest BCUT2D eigenvalue weighted by Gasteiger charge is 2.08. The van der Waals surface area contributed by atoms with E-state index in [-0.39, 0.29) is 6.42 Å². The first-order chi connectivity index (χ1) is 9.06. The maximum atomic E-state index is 10.8. The molecule has 0 unspecified atom stereocenters. The zero-order chi connectivity index (χ0) is 13.8. The second-order valence-electron chi connectivity index (χ2n) is 3.98. The fourth-order valence-corrected chi connectivity index (χ4v) is 2.42. The fraction of sp³-hybridized carbons (Fsp3) is 0.0714. The van der Waals surface area contributed by atoms with Crippen LogP contribution in [0.4, 0.5) is 11.4 Å². The average Bonchev–Trinajstić information content (AvgIpc) is 2.34. The zero-order valence-corrected chi connectivity index (χ0v) is 12.2. The largest absolute Gasteiger partial charge is 0.481 e. The molecule has 2 rings (SSSR count). The highest BCUT2D eigenvalue weighted by molar-refractivity contribution is 9.10. The Hall–Kier alpha value is -1.52. The van der Waals surface area contributed by atoms with E-state index in [1.54, 1.807) is 12.1 Å². The van der Waals surface area contributed by atoms with E-state index in [2.05, 4.69) is 21.2 Å². The minimum atomic E-state index is -0.865. The van der Waals surface area contributed by atoms with Crippen LogP contribution in [0.15, 0.2) is 46.9 Å². The molecule has 0 saturated heterocycles. The summed E-state index contributed by atoms with van der Waals surface area (Å²) in [4.78, 5) is 10.8. The van der Waals surface area contributed by atoms with Crippen LogP contribution in [0.25, 0.3) is 0 Å². The third-order valence-corrected chi connectivity index (χ3v) is 3.37. The Bertz CT molecular complexity index is 616. The molecular weight excluding hydrogens is 330 g/mol. The van der Waals surface area contributed by atoms with E-state index in [0.717, 1.165) is 15.8 Å². The highest BCUT2D eigenvalue weighted by atomic mass is 79.9. The number of rotatable bonds is 4. The molecule has 2 aromatic carbocycles. The Morgan fingerprint density at radius 3 is 2.63 bits per heavy atom. The van der Waals surface area contributed by atoms with Crippen molar-refractivity contribution in [3.05, 3.63) is 57.5 Å². The molecular formula is C14H11BrClNO2. The summed E-state index contributed by atoms with van der Waals surface area (Å²) < 4.78 is 0.891. The van der Waals surface area contributed by atoms with E-state index in [0.29, 0.717) is 10.6 Å². The van der Waals surface area contributed by atoms with Gasteiger partial charge in [0.25, 0.3) is 0 Å². The molecule has 0 atom stereocenters. The number of para-hydroxylation sites is 1. The van der Waals surface area contributed by atoms with Gasteiger partial charge in [0.15, 0.2) is 0 Å². The Morgan fingerprint density at radius 1 is 1.21 bits per heavy atom. The third-order valence-electron chi connectivity index (χ3n) is 2.56. The Labute approximate surface area is 124 Å². The van der Waals surface area contributed by atoms with Gasteiger partial charge in [-0.1, -0.05) is 45.7 Å². The highest BCUT2D eigenvalue weighted by Crippen LogP contribution is 2.29. The molecule has 0 spiro atoms. The van der Waals surface area contributed by atoms with Gasteiger partial charge in [-0.05, 0) is 29.8 Å². The average molecular weight is 341 g/mol. The maximum absolute atomic E-state index is 10.8. The summed E-state index contributed by atoms with van der Waals surface area (Å²) in [6, 6.07) is 12.8. The van der Waals surface area contributed by atoms with Crippen molar-refractivity contribution in [2.75, 3.05) is 5.32 Å². The predicted molar refractivity (Wildman–Crippen MR) is 80.2 cm³/mol. The quantitative estimate of drug-likeness (QED) is 0.863. The number of benzene rings is 2. The molecule has 19 heavy (non-hydrogen) atoms. The van der Waals surface area contributed by atoms with Crippen molar-refractivity contribution in [2.45, 2.75) is 6.42 Å². The number of halogens is 2. The molecule has 0 saturated carbocycles. The smallest absolute Gasteiger partial charge is 0.307 e. The van der Waals surface area contributed by atoms with E-state index >= 15 is 0 Å². The molecule has 0 heterocycles. The van der Waals surface area contributed by atoms with Crippen LogP contribution in [-0.4, -0.2) is 11.1 Å². The molecule has 0 aromatic heterocycles. The number of carbonyl (C=O) groups is 1. The topological polar surface area (TPSA) is 49.3 Å². The minimum Gasteiger partial charge on any atom is -0.481 e. The summed E-state index contributed by atoms with van der Waals surface area (Å²) >= 11 is 9.47. The first kappa shape index (κ1) is 13.9.